The molecular weight excluding hydrogens is 757 g/mol. The summed E-state index contributed by atoms with van der Waals surface area (Å²) in [5.41, 5.74) is 1.55. The van der Waals surface area contributed by atoms with E-state index in [0.717, 1.165) is 9.80 Å². The predicted molar refractivity (Wildman–Crippen MR) is 211 cm³/mol. The zero-order valence-corrected chi connectivity index (χ0v) is 31.1. The number of imide groups is 2. The first-order chi connectivity index (χ1) is 28.4. The Morgan fingerprint density at radius 2 is 0.746 bits per heavy atom. The standard InChI is InChI=1S/C46H28N2O11/c1-25(49)27-5-3-7-31(21-27)47-41(51)37-19-9-29(23-39(37)43(47)53)45(55)58-35-15-11-33(12-16-35)57-34-13-17-36(18-14-34)59-46(56)30-10-20-38-40(24-30)44(54)48(42(38)52)32-8-4-6-28(22-32)26(2)50/h3-24H,1-2H3. The minimum absolute atomic E-state index is 0.0294. The van der Waals surface area contributed by atoms with Crippen molar-refractivity contribution in [2.75, 3.05) is 9.80 Å². The quantitative estimate of drug-likeness (QED) is 0.0572. The van der Waals surface area contributed by atoms with Crippen LogP contribution in [-0.2, 0) is 0 Å². The van der Waals surface area contributed by atoms with Crippen LogP contribution < -0.4 is 24.0 Å². The molecule has 13 heteroatoms. The summed E-state index contributed by atoms with van der Waals surface area (Å²) in [6.45, 7) is 2.76. The average Bonchev–Trinajstić information content (AvgIpc) is 3.64. The molecular formula is C46H28N2O11. The van der Waals surface area contributed by atoms with Crippen molar-refractivity contribution in [2.24, 2.45) is 0 Å². The van der Waals surface area contributed by atoms with E-state index < -0.39 is 35.6 Å². The van der Waals surface area contributed by atoms with Crippen LogP contribution in [-0.4, -0.2) is 47.1 Å². The summed E-state index contributed by atoms with van der Waals surface area (Å²) in [6.07, 6.45) is 0. The summed E-state index contributed by atoms with van der Waals surface area (Å²) in [4.78, 5) is 104. The maximum absolute atomic E-state index is 13.3. The van der Waals surface area contributed by atoms with Crippen LogP contribution in [0.15, 0.2) is 133 Å². The Balaban J connectivity index is 0.873. The molecule has 0 unspecified atom stereocenters. The van der Waals surface area contributed by atoms with E-state index in [1.807, 2.05) is 0 Å². The largest absolute Gasteiger partial charge is 0.457 e. The lowest BCUT2D eigenvalue weighted by Crippen LogP contribution is -2.29. The monoisotopic (exact) mass is 784 g/mol. The number of rotatable bonds is 10. The van der Waals surface area contributed by atoms with Gasteiger partial charge in [-0.25, -0.2) is 19.4 Å². The second-order valence-electron chi connectivity index (χ2n) is 13.4. The number of anilines is 2. The first kappa shape index (κ1) is 37.6. The Morgan fingerprint density at radius 3 is 1.12 bits per heavy atom. The lowest BCUT2D eigenvalue weighted by atomic mass is 10.1. The third-order valence-corrected chi connectivity index (χ3v) is 9.57. The topological polar surface area (TPSA) is 171 Å². The number of nitrogens with zero attached hydrogens (tertiary/aromatic N) is 2. The summed E-state index contributed by atoms with van der Waals surface area (Å²) in [7, 11) is 0. The molecule has 59 heavy (non-hydrogen) atoms. The Morgan fingerprint density at radius 1 is 0.390 bits per heavy atom. The second-order valence-corrected chi connectivity index (χ2v) is 13.4. The molecule has 8 rings (SSSR count). The summed E-state index contributed by atoms with van der Waals surface area (Å²) < 4.78 is 16.9. The Hall–Kier alpha value is -8.32. The van der Waals surface area contributed by atoms with Crippen molar-refractivity contribution >= 4 is 58.5 Å². The van der Waals surface area contributed by atoms with Gasteiger partial charge in [0.15, 0.2) is 11.6 Å². The molecule has 2 heterocycles. The Kier molecular flexibility index (Phi) is 9.54. The molecule has 0 saturated heterocycles. The van der Waals surface area contributed by atoms with Gasteiger partial charge in [0.1, 0.15) is 23.0 Å². The minimum Gasteiger partial charge on any atom is -0.457 e. The van der Waals surface area contributed by atoms with Crippen LogP contribution >= 0.6 is 0 Å². The molecule has 0 aromatic heterocycles. The summed E-state index contributed by atoms with van der Waals surface area (Å²) in [5.74, 6) is -3.22. The number of hydrogen-bond donors (Lipinski definition) is 0. The number of amides is 4. The zero-order chi connectivity index (χ0) is 41.5. The third kappa shape index (κ3) is 7.15. The van der Waals surface area contributed by atoms with Gasteiger partial charge < -0.3 is 14.2 Å². The Bertz CT molecular complexity index is 2630. The molecule has 0 spiro atoms. The van der Waals surface area contributed by atoms with Gasteiger partial charge >= 0.3 is 11.9 Å². The van der Waals surface area contributed by atoms with Crippen LogP contribution in [0.25, 0.3) is 0 Å². The van der Waals surface area contributed by atoms with E-state index in [1.165, 1.54) is 86.6 Å². The molecule has 0 fully saturated rings. The summed E-state index contributed by atoms with van der Waals surface area (Å²) >= 11 is 0. The molecule has 0 radical (unpaired) electrons. The van der Waals surface area contributed by atoms with E-state index in [4.69, 9.17) is 14.2 Å². The smallest absolute Gasteiger partial charge is 0.343 e. The maximum atomic E-state index is 13.3. The number of esters is 2. The second kappa shape index (κ2) is 15.0. The van der Waals surface area contributed by atoms with Gasteiger partial charge in [-0.1, -0.05) is 24.3 Å². The molecule has 0 atom stereocenters. The number of carbonyl (C=O) groups is 8. The molecule has 2 aliphatic rings. The van der Waals surface area contributed by atoms with Crippen LogP contribution in [0, 0.1) is 0 Å². The fourth-order valence-corrected chi connectivity index (χ4v) is 6.55. The van der Waals surface area contributed by atoms with Gasteiger partial charge in [-0.15, -0.1) is 0 Å². The maximum Gasteiger partial charge on any atom is 0.343 e. The number of fused-ring (bicyclic) bond motifs is 2. The fourth-order valence-electron chi connectivity index (χ4n) is 6.55. The van der Waals surface area contributed by atoms with Crippen LogP contribution in [0.5, 0.6) is 23.0 Å². The number of ether oxygens (including phenoxy) is 3. The minimum atomic E-state index is -0.762. The first-order valence-corrected chi connectivity index (χ1v) is 18.0. The predicted octanol–water partition coefficient (Wildman–Crippen LogP) is 7.92. The molecule has 6 aromatic rings. The van der Waals surface area contributed by atoms with Gasteiger partial charge in [0.05, 0.1) is 44.8 Å². The summed E-state index contributed by atoms with van der Waals surface area (Å²) in [6, 6.07) is 32.8. The van der Waals surface area contributed by atoms with Gasteiger partial charge in [0.2, 0.25) is 0 Å². The molecule has 4 amide bonds. The van der Waals surface area contributed by atoms with E-state index in [9.17, 15) is 38.4 Å². The first-order valence-electron chi connectivity index (χ1n) is 18.0. The van der Waals surface area contributed by atoms with E-state index in [0.29, 0.717) is 22.6 Å². The molecule has 6 aromatic carbocycles. The third-order valence-electron chi connectivity index (χ3n) is 9.57. The van der Waals surface area contributed by atoms with E-state index in [2.05, 4.69) is 0 Å². The highest BCUT2D eigenvalue weighted by Gasteiger charge is 2.39. The van der Waals surface area contributed by atoms with Gasteiger partial charge in [0, 0.05) is 11.1 Å². The number of Topliss-reactive ketones (excluding diaryl/α,β-unsaturated/α-hetero) is 2. The van der Waals surface area contributed by atoms with Crippen molar-refractivity contribution in [3.63, 3.8) is 0 Å². The van der Waals surface area contributed by atoms with Crippen molar-refractivity contribution in [2.45, 2.75) is 13.8 Å². The average molecular weight is 785 g/mol. The normalized spacial score (nSPS) is 12.9. The fraction of sp³-hybridized carbons (Fsp3) is 0.0435. The SMILES string of the molecule is CC(=O)c1cccc(N2C(=O)c3ccc(C(=O)Oc4ccc(Oc5ccc(OC(=O)c6ccc7c(c6)C(=O)N(c6cccc(C(C)=O)c6)C7=O)cc5)cc4)cc3C2=O)c1. The van der Waals surface area contributed by atoms with Crippen molar-refractivity contribution in [1.29, 1.82) is 0 Å². The molecule has 0 aliphatic carbocycles. The molecule has 0 bridgehead atoms. The van der Waals surface area contributed by atoms with E-state index in [1.54, 1.807) is 60.7 Å². The highest BCUT2D eigenvalue weighted by atomic mass is 16.5. The van der Waals surface area contributed by atoms with Crippen LogP contribution in [0.4, 0.5) is 11.4 Å². The van der Waals surface area contributed by atoms with Crippen molar-refractivity contribution < 1.29 is 52.6 Å². The highest BCUT2D eigenvalue weighted by Crippen LogP contribution is 2.33. The lowest BCUT2D eigenvalue weighted by molar-refractivity contribution is 0.0725. The molecule has 2 aliphatic heterocycles. The lowest BCUT2D eigenvalue weighted by Gasteiger charge is -2.14. The Labute approximate surface area is 335 Å². The number of ketones is 2. The summed E-state index contributed by atoms with van der Waals surface area (Å²) in [5, 5.41) is 0. The molecule has 0 N–H and O–H groups in total. The van der Waals surface area contributed by atoms with Gasteiger partial charge in [-0.2, -0.15) is 0 Å². The van der Waals surface area contributed by atoms with Crippen molar-refractivity contribution in [1.82, 2.24) is 0 Å². The van der Waals surface area contributed by atoms with E-state index >= 15 is 0 Å². The highest BCUT2D eigenvalue weighted by molar-refractivity contribution is 6.35. The van der Waals surface area contributed by atoms with Crippen LogP contribution in [0.1, 0.15) is 96.7 Å². The molecule has 0 saturated carbocycles. The van der Waals surface area contributed by atoms with Crippen LogP contribution in [0.2, 0.25) is 0 Å². The number of benzene rings is 6. The molecule has 288 valence electrons. The van der Waals surface area contributed by atoms with Crippen molar-refractivity contribution in [3.8, 4) is 23.0 Å². The van der Waals surface area contributed by atoms with E-state index in [-0.39, 0.29) is 67.8 Å². The van der Waals surface area contributed by atoms with Gasteiger partial charge in [0.25, 0.3) is 23.6 Å². The number of carbonyl (C=O) groups excluding carboxylic acids is 8. The molecule has 13 nitrogen and oxygen atoms in total. The van der Waals surface area contributed by atoms with Gasteiger partial charge in [-0.05, 0) is 123 Å². The number of hydrogen-bond acceptors (Lipinski definition) is 11. The van der Waals surface area contributed by atoms with Gasteiger partial charge in [-0.3, -0.25) is 28.8 Å². The zero-order valence-electron chi connectivity index (χ0n) is 31.1. The van der Waals surface area contributed by atoms with Crippen LogP contribution in [0.3, 0.4) is 0 Å². The van der Waals surface area contributed by atoms with Crippen molar-refractivity contribution in [3.05, 3.63) is 178 Å².